The minimum Gasteiger partial charge on any atom is -0.496 e. The largest absolute Gasteiger partial charge is 0.496 e. The van der Waals surface area contributed by atoms with Crippen LogP contribution in [0.15, 0.2) is 59.6 Å². The van der Waals surface area contributed by atoms with Crippen molar-refractivity contribution in [2.24, 2.45) is 0 Å². The lowest BCUT2D eigenvalue weighted by Crippen LogP contribution is -2.05. The molecule has 0 fully saturated rings. The van der Waals surface area contributed by atoms with Crippen molar-refractivity contribution in [1.82, 2.24) is 4.98 Å². The summed E-state index contributed by atoms with van der Waals surface area (Å²) < 4.78 is 5.30. The van der Waals surface area contributed by atoms with Gasteiger partial charge in [0.15, 0.2) is 5.78 Å². The van der Waals surface area contributed by atoms with Gasteiger partial charge in [0.2, 0.25) is 0 Å². The van der Waals surface area contributed by atoms with Gasteiger partial charge in [0.05, 0.1) is 23.9 Å². The number of benzene rings is 2. The van der Waals surface area contributed by atoms with Crippen LogP contribution in [0.2, 0.25) is 0 Å². The van der Waals surface area contributed by atoms with Crippen molar-refractivity contribution in [2.45, 2.75) is 11.8 Å². The van der Waals surface area contributed by atoms with Gasteiger partial charge in [0, 0.05) is 16.5 Å². The van der Waals surface area contributed by atoms with Crippen LogP contribution in [-0.2, 0) is 0 Å². The summed E-state index contributed by atoms with van der Waals surface area (Å²) in [5.41, 5.74) is 2.63. The van der Waals surface area contributed by atoms with Crippen LogP contribution in [0.3, 0.4) is 0 Å². The monoisotopic (exact) mass is 323 g/mol. The fourth-order valence-corrected chi connectivity index (χ4v) is 3.38. The maximum absolute atomic E-state index is 12.6. The Morgan fingerprint density at radius 1 is 1.17 bits per heavy atom. The molecule has 4 heteroatoms. The Bertz CT molecular complexity index is 856. The van der Waals surface area contributed by atoms with Gasteiger partial charge in [-0.15, -0.1) is 11.8 Å². The summed E-state index contributed by atoms with van der Waals surface area (Å²) in [6.45, 7) is 1.97. The normalized spacial score (nSPS) is 10.7. The SMILES string of the molecule is COc1ccc(C)cc1C(=O)CSc1ccnc2ccccc12. The predicted molar refractivity (Wildman–Crippen MR) is 94.5 cm³/mol. The molecule has 3 rings (SSSR count). The molecule has 0 radical (unpaired) electrons. The number of ether oxygens (including phenoxy) is 1. The van der Waals surface area contributed by atoms with Crippen LogP contribution in [0.5, 0.6) is 5.75 Å². The first-order chi connectivity index (χ1) is 11.2. The Morgan fingerprint density at radius 2 is 2.00 bits per heavy atom. The van der Waals surface area contributed by atoms with E-state index in [1.165, 1.54) is 11.8 Å². The summed E-state index contributed by atoms with van der Waals surface area (Å²) in [5, 5.41) is 1.07. The van der Waals surface area contributed by atoms with Gasteiger partial charge < -0.3 is 4.74 Å². The van der Waals surface area contributed by atoms with Crippen LogP contribution in [0.4, 0.5) is 0 Å². The molecule has 0 atom stereocenters. The second-order valence-corrected chi connectivity index (χ2v) is 6.26. The molecule has 0 bridgehead atoms. The quantitative estimate of drug-likeness (QED) is 0.511. The molecule has 0 spiro atoms. The fourth-order valence-electron chi connectivity index (χ4n) is 2.46. The van der Waals surface area contributed by atoms with E-state index in [2.05, 4.69) is 4.98 Å². The fraction of sp³-hybridized carbons (Fsp3) is 0.158. The molecular weight excluding hydrogens is 306 g/mol. The molecule has 1 heterocycles. The Kier molecular flexibility index (Phi) is 4.63. The number of aryl methyl sites for hydroxylation is 1. The number of aromatic nitrogens is 1. The summed E-state index contributed by atoms with van der Waals surface area (Å²) in [5.74, 6) is 1.06. The average Bonchev–Trinajstić information content (AvgIpc) is 2.59. The number of para-hydroxylation sites is 1. The molecule has 0 aliphatic rings. The number of nitrogens with zero attached hydrogens (tertiary/aromatic N) is 1. The number of methoxy groups -OCH3 is 1. The van der Waals surface area contributed by atoms with E-state index in [9.17, 15) is 4.79 Å². The van der Waals surface area contributed by atoms with Gasteiger partial charge in [-0.3, -0.25) is 9.78 Å². The van der Waals surface area contributed by atoms with Crippen molar-refractivity contribution in [3.05, 3.63) is 65.9 Å². The topological polar surface area (TPSA) is 39.2 Å². The third-order valence-electron chi connectivity index (χ3n) is 3.62. The number of carbonyl (C=O) groups is 1. The van der Waals surface area contributed by atoms with Crippen LogP contribution < -0.4 is 4.74 Å². The predicted octanol–water partition coefficient (Wildman–Crippen LogP) is 4.53. The first-order valence-corrected chi connectivity index (χ1v) is 8.32. The van der Waals surface area contributed by atoms with E-state index in [1.807, 2.05) is 55.5 Å². The van der Waals surface area contributed by atoms with Crippen LogP contribution in [0, 0.1) is 6.92 Å². The molecule has 23 heavy (non-hydrogen) atoms. The lowest BCUT2D eigenvalue weighted by molar-refractivity contribution is 0.101. The van der Waals surface area contributed by atoms with Crippen LogP contribution in [0.25, 0.3) is 10.9 Å². The van der Waals surface area contributed by atoms with E-state index >= 15 is 0 Å². The highest BCUT2D eigenvalue weighted by Crippen LogP contribution is 2.28. The van der Waals surface area contributed by atoms with Crippen molar-refractivity contribution >= 4 is 28.4 Å². The highest BCUT2D eigenvalue weighted by atomic mass is 32.2. The zero-order valence-corrected chi connectivity index (χ0v) is 13.9. The van der Waals surface area contributed by atoms with E-state index in [4.69, 9.17) is 4.74 Å². The van der Waals surface area contributed by atoms with E-state index < -0.39 is 0 Å². The molecule has 0 unspecified atom stereocenters. The first-order valence-electron chi connectivity index (χ1n) is 7.33. The van der Waals surface area contributed by atoms with Crippen LogP contribution in [-0.4, -0.2) is 23.6 Å². The third kappa shape index (κ3) is 3.37. The van der Waals surface area contributed by atoms with E-state index in [1.54, 1.807) is 13.3 Å². The lowest BCUT2D eigenvalue weighted by Gasteiger charge is -2.09. The number of rotatable bonds is 5. The molecule has 1 aromatic heterocycles. The standard InChI is InChI=1S/C19H17NO2S/c1-13-7-8-18(22-2)15(11-13)17(21)12-23-19-9-10-20-16-6-4-3-5-14(16)19/h3-11H,12H2,1-2H3. The van der Waals surface area contributed by atoms with Crippen molar-refractivity contribution in [3.8, 4) is 5.75 Å². The average molecular weight is 323 g/mol. The number of ketones is 1. The van der Waals surface area contributed by atoms with Crippen molar-refractivity contribution in [2.75, 3.05) is 12.9 Å². The molecule has 2 aromatic carbocycles. The Labute approximate surface area is 139 Å². The van der Waals surface area contributed by atoms with Crippen molar-refractivity contribution < 1.29 is 9.53 Å². The minimum absolute atomic E-state index is 0.0662. The number of carbonyl (C=O) groups excluding carboxylic acids is 1. The van der Waals surface area contributed by atoms with Gasteiger partial charge >= 0.3 is 0 Å². The van der Waals surface area contributed by atoms with Crippen molar-refractivity contribution in [3.63, 3.8) is 0 Å². The zero-order chi connectivity index (χ0) is 16.2. The molecule has 0 N–H and O–H groups in total. The zero-order valence-electron chi connectivity index (χ0n) is 13.1. The molecule has 0 saturated heterocycles. The van der Waals surface area contributed by atoms with Gasteiger partial charge in [-0.25, -0.2) is 0 Å². The lowest BCUT2D eigenvalue weighted by atomic mass is 10.1. The molecule has 3 aromatic rings. The van der Waals surface area contributed by atoms with Gasteiger partial charge in [-0.2, -0.15) is 0 Å². The smallest absolute Gasteiger partial charge is 0.176 e. The first kappa shape index (κ1) is 15.6. The third-order valence-corrected chi connectivity index (χ3v) is 4.70. The molecule has 0 aliphatic carbocycles. The molecule has 3 nitrogen and oxygen atoms in total. The van der Waals surface area contributed by atoms with Gasteiger partial charge in [0.25, 0.3) is 0 Å². The number of hydrogen-bond donors (Lipinski definition) is 0. The Balaban J connectivity index is 1.83. The number of Topliss-reactive ketones (excluding diaryl/α,β-unsaturated/α-hetero) is 1. The van der Waals surface area contributed by atoms with Crippen LogP contribution in [0.1, 0.15) is 15.9 Å². The molecule has 116 valence electrons. The number of fused-ring (bicyclic) bond motifs is 1. The summed E-state index contributed by atoms with van der Waals surface area (Å²) in [7, 11) is 1.59. The van der Waals surface area contributed by atoms with Gasteiger partial charge in [0.1, 0.15) is 5.75 Å². The Morgan fingerprint density at radius 3 is 2.83 bits per heavy atom. The maximum Gasteiger partial charge on any atom is 0.176 e. The number of thioether (sulfide) groups is 1. The summed E-state index contributed by atoms with van der Waals surface area (Å²) in [4.78, 5) is 18.0. The molecule has 0 amide bonds. The van der Waals surface area contributed by atoms with E-state index in [-0.39, 0.29) is 5.78 Å². The second kappa shape index (κ2) is 6.84. The van der Waals surface area contributed by atoms with Crippen molar-refractivity contribution in [1.29, 1.82) is 0 Å². The molecular formula is C19H17NO2S. The van der Waals surface area contributed by atoms with E-state index in [0.717, 1.165) is 21.4 Å². The number of hydrogen-bond acceptors (Lipinski definition) is 4. The molecule has 0 saturated carbocycles. The summed E-state index contributed by atoms with van der Waals surface area (Å²) in [6, 6.07) is 15.6. The molecule has 0 aliphatic heterocycles. The highest BCUT2D eigenvalue weighted by molar-refractivity contribution is 8.00. The van der Waals surface area contributed by atoms with Gasteiger partial charge in [-0.1, -0.05) is 29.8 Å². The van der Waals surface area contributed by atoms with Gasteiger partial charge in [-0.05, 0) is 31.2 Å². The van der Waals surface area contributed by atoms with E-state index in [0.29, 0.717) is 17.1 Å². The second-order valence-electron chi connectivity index (χ2n) is 5.24. The van der Waals surface area contributed by atoms with Crippen LogP contribution >= 0.6 is 11.8 Å². The highest BCUT2D eigenvalue weighted by Gasteiger charge is 2.13. The summed E-state index contributed by atoms with van der Waals surface area (Å²) in [6.07, 6.45) is 1.78. The minimum atomic E-state index is 0.0662. The maximum atomic E-state index is 12.6. The summed E-state index contributed by atoms with van der Waals surface area (Å²) >= 11 is 1.53. The number of pyridine rings is 1. The Hall–Kier alpha value is -2.33.